The number of hydrogen-bond donors (Lipinski definition) is 2. The number of anilines is 1. The van der Waals surface area contributed by atoms with E-state index >= 15 is 0 Å². The number of ether oxygens (including phenoxy) is 1. The number of aryl methyl sites for hydroxylation is 1. The van der Waals surface area contributed by atoms with Crippen LogP contribution in [0.2, 0.25) is 0 Å². The molecule has 5 nitrogen and oxygen atoms in total. The van der Waals surface area contributed by atoms with E-state index in [-0.39, 0.29) is 24.2 Å². The van der Waals surface area contributed by atoms with Gasteiger partial charge in [0.1, 0.15) is 22.4 Å². The SMILES string of the molecule is Cc1ccc(-c2csc(C3=C(O)CN(c4ccc(OC(C)C)cc4)C3=N)n2)cc1. The molecule has 4 rings (SSSR count). The summed E-state index contributed by atoms with van der Waals surface area (Å²) >= 11 is 1.44. The van der Waals surface area contributed by atoms with Gasteiger partial charge in [-0.2, -0.15) is 0 Å². The molecule has 29 heavy (non-hydrogen) atoms. The molecular weight excluding hydrogens is 382 g/mol. The van der Waals surface area contributed by atoms with Crippen LogP contribution in [0.3, 0.4) is 0 Å². The second-order valence-corrected chi connectivity index (χ2v) is 8.18. The van der Waals surface area contributed by atoms with Crippen LogP contribution in [0.5, 0.6) is 5.75 Å². The topological polar surface area (TPSA) is 69.4 Å². The molecule has 0 fully saturated rings. The number of rotatable bonds is 5. The van der Waals surface area contributed by atoms with Crippen LogP contribution in [0.4, 0.5) is 5.69 Å². The summed E-state index contributed by atoms with van der Waals surface area (Å²) in [5, 5.41) is 21.8. The Morgan fingerprint density at radius 2 is 1.79 bits per heavy atom. The number of hydrogen-bond acceptors (Lipinski definition) is 5. The number of amidine groups is 1. The van der Waals surface area contributed by atoms with Crippen molar-refractivity contribution >= 4 is 28.4 Å². The lowest BCUT2D eigenvalue weighted by Crippen LogP contribution is -2.25. The summed E-state index contributed by atoms with van der Waals surface area (Å²) in [7, 11) is 0. The highest BCUT2D eigenvalue weighted by Gasteiger charge is 2.31. The zero-order chi connectivity index (χ0) is 20.5. The van der Waals surface area contributed by atoms with E-state index in [2.05, 4.69) is 24.0 Å². The summed E-state index contributed by atoms with van der Waals surface area (Å²) in [6.45, 7) is 6.28. The summed E-state index contributed by atoms with van der Waals surface area (Å²) in [5.41, 5.74) is 4.41. The zero-order valence-electron chi connectivity index (χ0n) is 16.6. The molecule has 0 unspecified atom stereocenters. The number of thiazole rings is 1. The highest BCUT2D eigenvalue weighted by molar-refractivity contribution is 7.11. The Bertz CT molecular complexity index is 1070. The predicted octanol–water partition coefficient (Wildman–Crippen LogP) is 5.67. The van der Waals surface area contributed by atoms with E-state index < -0.39 is 0 Å². The minimum absolute atomic E-state index is 0.107. The number of nitrogens with zero attached hydrogens (tertiary/aromatic N) is 2. The Labute approximate surface area is 174 Å². The van der Waals surface area contributed by atoms with Crippen LogP contribution in [0.15, 0.2) is 59.7 Å². The maximum atomic E-state index is 10.6. The molecule has 0 saturated carbocycles. The highest BCUT2D eigenvalue weighted by atomic mass is 32.1. The van der Waals surface area contributed by atoms with Crippen molar-refractivity contribution in [3.05, 3.63) is 70.2 Å². The van der Waals surface area contributed by atoms with Gasteiger partial charge in [0, 0.05) is 16.6 Å². The number of aromatic nitrogens is 1. The minimum Gasteiger partial charge on any atom is -0.510 e. The lowest BCUT2D eigenvalue weighted by Gasteiger charge is -2.19. The van der Waals surface area contributed by atoms with Gasteiger partial charge < -0.3 is 14.7 Å². The Morgan fingerprint density at radius 3 is 2.45 bits per heavy atom. The van der Waals surface area contributed by atoms with E-state index in [1.807, 2.05) is 55.6 Å². The summed E-state index contributed by atoms with van der Waals surface area (Å²) < 4.78 is 5.68. The molecule has 0 radical (unpaired) electrons. The van der Waals surface area contributed by atoms with Crippen molar-refractivity contribution in [2.24, 2.45) is 0 Å². The van der Waals surface area contributed by atoms with Gasteiger partial charge in [-0.15, -0.1) is 11.3 Å². The lowest BCUT2D eigenvalue weighted by atomic mass is 10.1. The first-order chi connectivity index (χ1) is 13.9. The van der Waals surface area contributed by atoms with Gasteiger partial charge in [0.2, 0.25) is 0 Å². The predicted molar refractivity (Wildman–Crippen MR) is 119 cm³/mol. The Balaban J connectivity index is 1.56. The van der Waals surface area contributed by atoms with Gasteiger partial charge in [0.05, 0.1) is 23.9 Å². The van der Waals surface area contributed by atoms with Gasteiger partial charge in [-0.25, -0.2) is 4.98 Å². The maximum Gasteiger partial charge on any atom is 0.139 e. The van der Waals surface area contributed by atoms with Crippen LogP contribution in [0, 0.1) is 12.3 Å². The first-order valence-electron chi connectivity index (χ1n) is 9.50. The monoisotopic (exact) mass is 405 g/mol. The minimum atomic E-state index is 0.107. The Morgan fingerprint density at radius 1 is 1.10 bits per heavy atom. The van der Waals surface area contributed by atoms with Gasteiger partial charge in [0.25, 0.3) is 0 Å². The van der Waals surface area contributed by atoms with Crippen molar-refractivity contribution in [2.75, 3.05) is 11.4 Å². The van der Waals surface area contributed by atoms with Crippen molar-refractivity contribution in [3.63, 3.8) is 0 Å². The molecule has 0 spiro atoms. The van der Waals surface area contributed by atoms with E-state index in [9.17, 15) is 5.11 Å². The number of aliphatic hydroxyl groups excluding tert-OH is 1. The average molecular weight is 406 g/mol. The third-order valence-electron chi connectivity index (χ3n) is 4.69. The van der Waals surface area contributed by atoms with Crippen LogP contribution in [-0.4, -0.2) is 28.6 Å². The summed E-state index contributed by atoms with van der Waals surface area (Å²) in [5.74, 6) is 1.21. The number of benzene rings is 2. The Kier molecular flexibility index (Phi) is 5.11. The average Bonchev–Trinajstić information content (AvgIpc) is 3.27. The molecule has 1 aliphatic rings. The smallest absolute Gasteiger partial charge is 0.139 e. The van der Waals surface area contributed by atoms with Crippen LogP contribution < -0.4 is 9.64 Å². The molecule has 0 amide bonds. The summed E-state index contributed by atoms with van der Waals surface area (Å²) in [6.07, 6.45) is 0.107. The van der Waals surface area contributed by atoms with Crippen LogP contribution >= 0.6 is 11.3 Å². The normalized spacial score (nSPS) is 14.2. The molecule has 148 valence electrons. The van der Waals surface area contributed by atoms with Crippen molar-refractivity contribution in [1.82, 2.24) is 4.98 Å². The first-order valence-corrected chi connectivity index (χ1v) is 10.4. The van der Waals surface area contributed by atoms with Gasteiger partial charge >= 0.3 is 0 Å². The van der Waals surface area contributed by atoms with Crippen LogP contribution in [0.1, 0.15) is 24.4 Å². The van der Waals surface area contributed by atoms with E-state index in [4.69, 9.17) is 10.1 Å². The molecule has 0 aliphatic carbocycles. The van der Waals surface area contributed by atoms with Crippen molar-refractivity contribution in [2.45, 2.75) is 26.9 Å². The largest absolute Gasteiger partial charge is 0.510 e. The van der Waals surface area contributed by atoms with Crippen molar-refractivity contribution in [1.29, 1.82) is 5.41 Å². The first kappa shape index (κ1) is 19.2. The molecule has 6 heteroatoms. The fraction of sp³-hybridized carbons (Fsp3) is 0.217. The quantitative estimate of drug-likeness (QED) is 0.574. The van der Waals surface area contributed by atoms with Gasteiger partial charge in [-0.05, 0) is 45.0 Å². The van der Waals surface area contributed by atoms with Crippen LogP contribution in [-0.2, 0) is 0 Å². The molecule has 2 N–H and O–H groups in total. The lowest BCUT2D eigenvalue weighted by molar-refractivity contribution is 0.242. The third-order valence-corrected chi connectivity index (χ3v) is 5.55. The fourth-order valence-electron chi connectivity index (χ4n) is 3.25. The van der Waals surface area contributed by atoms with E-state index in [0.29, 0.717) is 10.6 Å². The maximum absolute atomic E-state index is 10.6. The van der Waals surface area contributed by atoms with E-state index in [1.54, 1.807) is 4.90 Å². The third kappa shape index (κ3) is 3.89. The second-order valence-electron chi connectivity index (χ2n) is 7.32. The molecule has 0 bridgehead atoms. The molecule has 1 aromatic heterocycles. The van der Waals surface area contributed by atoms with Gasteiger partial charge in [0.15, 0.2) is 0 Å². The Hall–Kier alpha value is -3.12. The number of aliphatic hydroxyl groups is 1. The molecule has 1 aliphatic heterocycles. The molecule has 2 heterocycles. The fourth-order valence-corrected chi connectivity index (χ4v) is 4.14. The van der Waals surface area contributed by atoms with Gasteiger partial charge in [-0.3, -0.25) is 5.41 Å². The molecule has 3 aromatic rings. The van der Waals surface area contributed by atoms with E-state index in [1.165, 1.54) is 16.9 Å². The standard InChI is InChI=1S/C23H23N3O2S/c1-14(2)28-18-10-8-17(9-11-18)26-12-20(27)21(22(26)24)23-25-19(13-29-23)16-6-4-15(3)5-7-16/h4-11,13-14,24,27H,12H2,1-3H3. The highest BCUT2D eigenvalue weighted by Crippen LogP contribution is 2.35. The molecular formula is C23H23N3O2S. The molecule has 0 saturated heterocycles. The van der Waals surface area contributed by atoms with Crippen LogP contribution in [0.25, 0.3) is 16.8 Å². The van der Waals surface area contributed by atoms with Crippen molar-refractivity contribution in [3.8, 4) is 17.0 Å². The zero-order valence-corrected chi connectivity index (χ0v) is 17.5. The second kappa shape index (κ2) is 7.72. The van der Waals surface area contributed by atoms with Crippen molar-refractivity contribution < 1.29 is 9.84 Å². The van der Waals surface area contributed by atoms with E-state index in [0.717, 1.165) is 22.7 Å². The molecule has 2 aromatic carbocycles. The summed E-state index contributed by atoms with van der Waals surface area (Å²) in [6, 6.07) is 15.8. The molecule has 0 atom stereocenters. The summed E-state index contributed by atoms with van der Waals surface area (Å²) in [4.78, 5) is 6.46. The van der Waals surface area contributed by atoms with Gasteiger partial charge in [-0.1, -0.05) is 29.8 Å². The number of nitrogens with one attached hydrogen (secondary N) is 1.